The third-order valence-electron chi connectivity index (χ3n) is 4.89. The SMILES string of the molecule is O=C(NNC(=O)c1ccccc1)c1ccccc1.O=C(O)CCCCCCCCCCC(=O)O. The van der Waals surface area contributed by atoms with E-state index in [-0.39, 0.29) is 24.7 Å². The monoisotopic (exact) mass is 470 g/mol. The van der Waals surface area contributed by atoms with Crippen molar-refractivity contribution in [2.45, 2.75) is 64.2 Å². The van der Waals surface area contributed by atoms with Gasteiger partial charge in [0.1, 0.15) is 0 Å². The molecule has 2 rings (SSSR count). The summed E-state index contributed by atoms with van der Waals surface area (Å²) in [6.07, 6.45) is 8.51. The average Bonchev–Trinajstić information content (AvgIpc) is 2.84. The Hall–Kier alpha value is -3.68. The zero-order chi connectivity index (χ0) is 25.0. The fourth-order valence-corrected chi connectivity index (χ4v) is 3.05. The summed E-state index contributed by atoms with van der Waals surface area (Å²) in [5.41, 5.74) is 5.70. The molecule has 0 aliphatic rings. The zero-order valence-electron chi connectivity index (χ0n) is 19.4. The number of benzene rings is 2. The summed E-state index contributed by atoms with van der Waals surface area (Å²) in [6.45, 7) is 0. The van der Waals surface area contributed by atoms with Crippen LogP contribution in [0, 0.1) is 0 Å². The molecular formula is C26H34N2O6. The molecule has 0 heterocycles. The molecule has 2 amide bonds. The second-order valence-electron chi connectivity index (χ2n) is 7.76. The van der Waals surface area contributed by atoms with Gasteiger partial charge in [-0.25, -0.2) is 0 Å². The Balaban J connectivity index is 0.000000344. The standard InChI is InChI=1S/C14H12N2O2.C12H22O4/c17-13(11-7-3-1-4-8-11)15-16-14(18)12-9-5-2-6-10-12;13-11(14)9-7-5-3-1-2-4-6-8-10-12(15)16/h1-10H,(H,15,17)(H,16,18);1-10H2,(H,13,14)(H,15,16). The molecule has 0 aliphatic carbocycles. The van der Waals surface area contributed by atoms with Crippen molar-refractivity contribution < 1.29 is 29.4 Å². The summed E-state index contributed by atoms with van der Waals surface area (Å²) >= 11 is 0. The number of amides is 2. The van der Waals surface area contributed by atoms with Gasteiger partial charge in [-0.15, -0.1) is 0 Å². The van der Waals surface area contributed by atoms with Crippen LogP contribution in [0.2, 0.25) is 0 Å². The highest BCUT2D eigenvalue weighted by atomic mass is 16.4. The number of hydrogen-bond acceptors (Lipinski definition) is 4. The van der Waals surface area contributed by atoms with Gasteiger partial charge in [0.05, 0.1) is 0 Å². The molecule has 0 saturated carbocycles. The van der Waals surface area contributed by atoms with Gasteiger partial charge >= 0.3 is 11.9 Å². The molecule has 2 aromatic rings. The highest BCUT2D eigenvalue weighted by Gasteiger charge is 2.07. The van der Waals surface area contributed by atoms with Gasteiger partial charge in [-0.2, -0.15) is 0 Å². The number of aliphatic carboxylic acids is 2. The first-order valence-electron chi connectivity index (χ1n) is 11.5. The second-order valence-corrected chi connectivity index (χ2v) is 7.76. The zero-order valence-corrected chi connectivity index (χ0v) is 19.4. The van der Waals surface area contributed by atoms with E-state index in [4.69, 9.17) is 10.2 Å². The first kappa shape index (κ1) is 28.4. The van der Waals surface area contributed by atoms with E-state index in [0.29, 0.717) is 11.1 Å². The highest BCUT2D eigenvalue weighted by molar-refractivity contribution is 5.98. The molecule has 0 radical (unpaired) electrons. The topological polar surface area (TPSA) is 133 Å². The molecule has 184 valence electrons. The normalized spacial score (nSPS) is 9.88. The average molecular weight is 471 g/mol. The molecular weight excluding hydrogens is 436 g/mol. The van der Waals surface area contributed by atoms with Gasteiger partial charge in [0.25, 0.3) is 11.8 Å². The van der Waals surface area contributed by atoms with Crippen molar-refractivity contribution in [3.05, 3.63) is 71.8 Å². The van der Waals surface area contributed by atoms with Gasteiger partial charge in [0.15, 0.2) is 0 Å². The fraction of sp³-hybridized carbons (Fsp3) is 0.385. The van der Waals surface area contributed by atoms with Crippen LogP contribution in [0.25, 0.3) is 0 Å². The molecule has 8 heteroatoms. The molecule has 8 nitrogen and oxygen atoms in total. The molecule has 0 aliphatic heterocycles. The van der Waals surface area contributed by atoms with Crippen molar-refractivity contribution in [3.8, 4) is 0 Å². The van der Waals surface area contributed by atoms with Gasteiger partial charge in [-0.1, -0.05) is 74.9 Å². The van der Waals surface area contributed by atoms with E-state index in [0.717, 1.165) is 51.4 Å². The van der Waals surface area contributed by atoms with E-state index in [1.54, 1.807) is 48.5 Å². The summed E-state index contributed by atoms with van der Waals surface area (Å²) in [6, 6.07) is 17.4. The van der Waals surface area contributed by atoms with Crippen molar-refractivity contribution in [2.75, 3.05) is 0 Å². The first-order chi connectivity index (χ1) is 16.4. The number of nitrogens with one attached hydrogen (secondary N) is 2. The molecule has 2 aromatic carbocycles. The number of carboxylic acids is 2. The molecule has 0 fully saturated rings. The van der Waals surface area contributed by atoms with E-state index >= 15 is 0 Å². The highest BCUT2D eigenvalue weighted by Crippen LogP contribution is 2.10. The number of carbonyl (C=O) groups excluding carboxylic acids is 2. The minimum absolute atomic E-state index is 0.276. The number of carboxylic acid groups (broad SMARTS) is 2. The minimum Gasteiger partial charge on any atom is -0.481 e. The van der Waals surface area contributed by atoms with Gasteiger partial charge in [-0.05, 0) is 37.1 Å². The Kier molecular flexibility index (Phi) is 14.9. The molecule has 0 spiro atoms. The molecule has 0 bridgehead atoms. The van der Waals surface area contributed by atoms with Crippen molar-refractivity contribution in [3.63, 3.8) is 0 Å². The maximum Gasteiger partial charge on any atom is 0.303 e. The number of unbranched alkanes of at least 4 members (excludes halogenated alkanes) is 7. The number of hydrazine groups is 1. The van der Waals surface area contributed by atoms with E-state index in [1.807, 2.05) is 12.1 Å². The van der Waals surface area contributed by atoms with Crippen LogP contribution in [0.4, 0.5) is 0 Å². The lowest BCUT2D eigenvalue weighted by Gasteiger charge is -2.07. The van der Waals surface area contributed by atoms with Crippen LogP contribution in [-0.4, -0.2) is 34.0 Å². The molecule has 0 unspecified atom stereocenters. The van der Waals surface area contributed by atoms with Gasteiger partial charge in [0, 0.05) is 24.0 Å². The van der Waals surface area contributed by atoms with E-state index in [2.05, 4.69) is 10.9 Å². The van der Waals surface area contributed by atoms with Gasteiger partial charge < -0.3 is 10.2 Å². The van der Waals surface area contributed by atoms with Crippen LogP contribution >= 0.6 is 0 Å². The summed E-state index contributed by atoms with van der Waals surface area (Å²) in [5.74, 6) is -2.12. The molecule has 0 aromatic heterocycles. The van der Waals surface area contributed by atoms with E-state index < -0.39 is 11.9 Å². The quantitative estimate of drug-likeness (QED) is 0.245. The van der Waals surface area contributed by atoms with Crippen molar-refractivity contribution in [1.82, 2.24) is 10.9 Å². The van der Waals surface area contributed by atoms with Crippen LogP contribution < -0.4 is 10.9 Å². The Morgan fingerprint density at radius 1 is 0.500 bits per heavy atom. The second kappa shape index (κ2) is 17.8. The summed E-state index contributed by atoms with van der Waals surface area (Å²) in [7, 11) is 0. The smallest absolute Gasteiger partial charge is 0.303 e. The van der Waals surface area contributed by atoms with Crippen LogP contribution in [0.5, 0.6) is 0 Å². The van der Waals surface area contributed by atoms with E-state index in [1.165, 1.54) is 0 Å². The van der Waals surface area contributed by atoms with Crippen molar-refractivity contribution >= 4 is 23.8 Å². The Labute approximate surface area is 200 Å². The van der Waals surface area contributed by atoms with Crippen LogP contribution in [-0.2, 0) is 9.59 Å². The minimum atomic E-state index is -0.714. The molecule has 34 heavy (non-hydrogen) atoms. The van der Waals surface area contributed by atoms with Crippen LogP contribution in [0.15, 0.2) is 60.7 Å². The third-order valence-corrected chi connectivity index (χ3v) is 4.89. The van der Waals surface area contributed by atoms with E-state index in [9.17, 15) is 19.2 Å². The lowest BCUT2D eigenvalue weighted by Crippen LogP contribution is -2.41. The van der Waals surface area contributed by atoms with Gasteiger partial charge in [0.2, 0.25) is 0 Å². The van der Waals surface area contributed by atoms with Crippen molar-refractivity contribution in [1.29, 1.82) is 0 Å². The first-order valence-corrected chi connectivity index (χ1v) is 11.5. The Bertz CT molecular complexity index is 798. The van der Waals surface area contributed by atoms with Crippen molar-refractivity contribution in [2.24, 2.45) is 0 Å². The number of hydrogen-bond donors (Lipinski definition) is 4. The molecule has 0 atom stereocenters. The van der Waals surface area contributed by atoms with Crippen LogP contribution in [0.1, 0.15) is 84.9 Å². The maximum absolute atomic E-state index is 11.7. The molecule has 0 saturated heterocycles. The summed E-state index contributed by atoms with van der Waals surface area (Å²) < 4.78 is 0. The van der Waals surface area contributed by atoms with Gasteiger partial charge in [-0.3, -0.25) is 30.0 Å². The predicted octanol–water partition coefficient (Wildman–Crippen LogP) is 4.82. The lowest BCUT2D eigenvalue weighted by molar-refractivity contribution is -0.138. The number of carbonyl (C=O) groups is 4. The molecule has 4 N–H and O–H groups in total. The predicted molar refractivity (Wildman–Crippen MR) is 129 cm³/mol. The summed E-state index contributed by atoms with van der Waals surface area (Å²) in [4.78, 5) is 43.7. The maximum atomic E-state index is 11.7. The van der Waals surface area contributed by atoms with Crippen LogP contribution in [0.3, 0.4) is 0 Å². The Morgan fingerprint density at radius 2 is 0.794 bits per heavy atom. The lowest BCUT2D eigenvalue weighted by atomic mass is 10.1. The fourth-order valence-electron chi connectivity index (χ4n) is 3.05. The largest absolute Gasteiger partial charge is 0.481 e. The third kappa shape index (κ3) is 14.4. The number of rotatable bonds is 13. The Morgan fingerprint density at radius 3 is 1.09 bits per heavy atom. The summed E-state index contributed by atoms with van der Waals surface area (Å²) in [5, 5.41) is 16.8.